The standard InChI is InChI=1S/C32H40ClN3O7S/c1-6-18-34-32(38)26(7-2)35(19-17-23-11-9-8-10-12-23)31(37)22-36(27-20-24(33)13-15-28(27)41-3)44(39,40)25-14-16-29(42-4)30(21-25)43-5/h8-16,20-21,26H,6-7,17-19,22H2,1-5H3,(H,34,38). The van der Waals surface area contributed by atoms with Gasteiger partial charge in [0.05, 0.1) is 31.9 Å². The molecule has 0 spiro atoms. The van der Waals surface area contributed by atoms with E-state index in [0.717, 1.165) is 16.3 Å². The van der Waals surface area contributed by atoms with Gasteiger partial charge in [0.1, 0.15) is 18.3 Å². The first-order valence-corrected chi connectivity index (χ1v) is 16.1. The van der Waals surface area contributed by atoms with E-state index in [4.69, 9.17) is 25.8 Å². The fraction of sp³-hybridized carbons (Fsp3) is 0.375. The van der Waals surface area contributed by atoms with Gasteiger partial charge in [-0.3, -0.25) is 13.9 Å². The van der Waals surface area contributed by atoms with E-state index in [9.17, 15) is 18.0 Å². The highest BCUT2D eigenvalue weighted by Gasteiger charge is 2.35. The quantitative estimate of drug-likeness (QED) is 0.235. The minimum absolute atomic E-state index is 0.0645. The van der Waals surface area contributed by atoms with Crippen molar-refractivity contribution in [1.29, 1.82) is 0 Å². The maximum absolute atomic E-state index is 14.3. The summed E-state index contributed by atoms with van der Waals surface area (Å²) in [6.07, 6.45) is 1.53. The molecule has 1 N–H and O–H groups in total. The van der Waals surface area contributed by atoms with Gasteiger partial charge in [0.15, 0.2) is 11.5 Å². The third-order valence-electron chi connectivity index (χ3n) is 7.05. The lowest BCUT2D eigenvalue weighted by Gasteiger charge is -2.33. The van der Waals surface area contributed by atoms with Crippen molar-refractivity contribution < 1.29 is 32.2 Å². The van der Waals surface area contributed by atoms with Crippen molar-refractivity contribution in [2.45, 2.75) is 44.0 Å². The monoisotopic (exact) mass is 645 g/mol. The van der Waals surface area contributed by atoms with Gasteiger partial charge in [-0.1, -0.05) is 55.8 Å². The smallest absolute Gasteiger partial charge is 0.265 e. The number of methoxy groups -OCH3 is 3. The first-order valence-electron chi connectivity index (χ1n) is 14.3. The van der Waals surface area contributed by atoms with E-state index in [-0.39, 0.29) is 39.6 Å². The van der Waals surface area contributed by atoms with E-state index in [1.54, 1.807) is 6.07 Å². The maximum Gasteiger partial charge on any atom is 0.265 e. The van der Waals surface area contributed by atoms with Crippen LogP contribution in [0.3, 0.4) is 0 Å². The van der Waals surface area contributed by atoms with Crippen LogP contribution in [0.5, 0.6) is 17.2 Å². The Bertz CT molecular complexity index is 1520. The van der Waals surface area contributed by atoms with Gasteiger partial charge in [-0.05, 0) is 55.2 Å². The van der Waals surface area contributed by atoms with Crippen molar-refractivity contribution in [2.75, 3.05) is 45.3 Å². The molecule has 2 amide bonds. The predicted octanol–water partition coefficient (Wildman–Crippen LogP) is 4.94. The average Bonchev–Trinajstić information content (AvgIpc) is 3.04. The molecule has 238 valence electrons. The lowest BCUT2D eigenvalue weighted by atomic mass is 10.1. The lowest BCUT2D eigenvalue weighted by Crippen LogP contribution is -2.53. The Morgan fingerprint density at radius 1 is 0.886 bits per heavy atom. The molecule has 44 heavy (non-hydrogen) atoms. The summed E-state index contributed by atoms with van der Waals surface area (Å²) in [6, 6.07) is 17.4. The highest BCUT2D eigenvalue weighted by molar-refractivity contribution is 7.92. The van der Waals surface area contributed by atoms with E-state index < -0.39 is 28.5 Å². The van der Waals surface area contributed by atoms with Gasteiger partial charge in [0, 0.05) is 24.2 Å². The zero-order valence-corrected chi connectivity index (χ0v) is 27.3. The summed E-state index contributed by atoms with van der Waals surface area (Å²) in [4.78, 5) is 28.8. The number of nitrogens with one attached hydrogen (secondary N) is 1. The molecule has 0 aromatic heterocycles. The summed E-state index contributed by atoms with van der Waals surface area (Å²) in [7, 11) is -0.176. The first-order chi connectivity index (χ1) is 21.1. The molecular formula is C32H40ClN3O7S. The second kappa shape index (κ2) is 16.2. The third-order valence-corrected chi connectivity index (χ3v) is 9.04. The SMILES string of the molecule is CCCNC(=O)C(CC)N(CCc1ccccc1)C(=O)CN(c1cc(Cl)ccc1OC)S(=O)(=O)c1ccc(OC)c(OC)c1. The Kier molecular flexibility index (Phi) is 12.7. The Morgan fingerprint density at radius 3 is 2.16 bits per heavy atom. The number of hydrogen-bond donors (Lipinski definition) is 1. The Balaban J connectivity index is 2.12. The Morgan fingerprint density at radius 2 is 1.55 bits per heavy atom. The molecule has 1 unspecified atom stereocenters. The summed E-state index contributed by atoms with van der Waals surface area (Å²) >= 11 is 6.32. The van der Waals surface area contributed by atoms with Crippen molar-refractivity contribution in [3.63, 3.8) is 0 Å². The van der Waals surface area contributed by atoms with Crippen LogP contribution in [0, 0.1) is 0 Å². The van der Waals surface area contributed by atoms with Gasteiger partial charge in [0.25, 0.3) is 10.0 Å². The molecule has 0 aliphatic carbocycles. The number of ether oxygens (including phenoxy) is 3. The van der Waals surface area contributed by atoms with Crippen LogP contribution in [0.2, 0.25) is 5.02 Å². The number of hydrogen-bond acceptors (Lipinski definition) is 7. The van der Waals surface area contributed by atoms with E-state index in [0.29, 0.717) is 25.1 Å². The van der Waals surface area contributed by atoms with Crippen LogP contribution in [0.4, 0.5) is 5.69 Å². The number of carbonyl (C=O) groups excluding carboxylic acids is 2. The summed E-state index contributed by atoms with van der Waals surface area (Å²) < 4.78 is 45.7. The van der Waals surface area contributed by atoms with Crippen LogP contribution in [-0.4, -0.2) is 72.1 Å². The molecule has 0 saturated heterocycles. The van der Waals surface area contributed by atoms with Crippen molar-refractivity contribution >= 4 is 39.1 Å². The van der Waals surface area contributed by atoms with Crippen LogP contribution in [0.15, 0.2) is 71.6 Å². The van der Waals surface area contributed by atoms with E-state index in [2.05, 4.69) is 5.32 Å². The largest absolute Gasteiger partial charge is 0.495 e. The van der Waals surface area contributed by atoms with E-state index >= 15 is 0 Å². The minimum atomic E-state index is -4.41. The minimum Gasteiger partial charge on any atom is -0.495 e. The topological polar surface area (TPSA) is 114 Å². The number of rotatable bonds is 16. The highest BCUT2D eigenvalue weighted by atomic mass is 35.5. The van der Waals surface area contributed by atoms with Crippen LogP contribution in [0.1, 0.15) is 32.3 Å². The van der Waals surface area contributed by atoms with Crippen LogP contribution < -0.4 is 23.8 Å². The Hall–Kier alpha value is -3.96. The molecule has 3 aromatic rings. The van der Waals surface area contributed by atoms with Crippen LogP contribution >= 0.6 is 11.6 Å². The molecule has 0 aliphatic rings. The molecule has 0 radical (unpaired) electrons. The number of benzene rings is 3. The second-order valence-corrected chi connectivity index (χ2v) is 12.2. The molecule has 0 heterocycles. The number of carbonyl (C=O) groups is 2. The molecule has 0 aliphatic heterocycles. The zero-order valence-electron chi connectivity index (χ0n) is 25.7. The van der Waals surface area contributed by atoms with Gasteiger partial charge in [0.2, 0.25) is 11.8 Å². The normalized spacial score (nSPS) is 11.8. The fourth-order valence-electron chi connectivity index (χ4n) is 4.74. The average molecular weight is 646 g/mol. The van der Waals surface area contributed by atoms with Gasteiger partial charge in [-0.15, -0.1) is 0 Å². The van der Waals surface area contributed by atoms with Crippen LogP contribution in [0.25, 0.3) is 0 Å². The molecular weight excluding hydrogens is 606 g/mol. The van der Waals surface area contributed by atoms with Gasteiger partial charge < -0.3 is 24.4 Å². The number of anilines is 1. The molecule has 10 nitrogen and oxygen atoms in total. The van der Waals surface area contributed by atoms with E-state index in [1.807, 2.05) is 44.2 Å². The lowest BCUT2D eigenvalue weighted by molar-refractivity contribution is -0.139. The first kappa shape index (κ1) is 34.5. The molecule has 0 bridgehead atoms. The summed E-state index contributed by atoms with van der Waals surface area (Å²) in [5, 5.41) is 3.12. The second-order valence-electron chi connectivity index (χ2n) is 9.88. The fourth-order valence-corrected chi connectivity index (χ4v) is 6.34. The summed E-state index contributed by atoms with van der Waals surface area (Å²) in [5.41, 5.74) is 1.04. The van der Waals surface area contributed by atoms with Crippen molar-refractivity contribution in [2.24, 2.45) is 0 Å². The number of nitrogens with zero attached hydrogens (tertiary/aromatic N) is 2. The molecule has 0 saturated carbocycles. The van der Waals surface area contributed by atoms with Gasteiger partial charge in [-0.25, -0.2) is 8.42 Å². The third kappa shape index (κ3) is 8.35. The highest BCUT2D eigenvalue weighted by Crippen LogP contribution is 2.37. The van der Waals surface area contributed by atoms with Crippen LogP contribution in [-0.2, 0) is 26.0 Å². The number of sulfonamides is 1. The number of amides is 2. The molecule has 1 atom stereocenters. The zero-order chi connectivity index (χ0) is 32.3. The van der Waals surface area contributed by atoms with Crippen molar-refractivity contribution in [1.82, 2.24) is 10.2 Å². The summed E-state index contributed by atoms with van der Waals surface area (Å²) in [5.74, 6) is -0.142. The van der Waals surface area contributed by atoms with Crippen molar-refractivity contribution in [3.05, 3.63) is 77.3 Å². The van der Waals surface area contributed by atoms with Gasteiger partial charge >= 0.3 is 0 Å². The predicted molar refractivity (Wildman–Crippen MR) is 171 cm³/mol. The van der Waals surface area contributed by atoms with E-state index in [1.165, 1.54) is 56.6 Å². The summed E-state index contributed by atoms with van der Waals surface area (Å²) in [6.45, 7) is 3.78. The number of halogens is 1. The molecule has 3 aromatic carbocycles. The Labute approximate surface area is 264 Å². The molecule has 3 rings (SSSR count). The molecule has 0 fully saturated rings. The molecule has 12 heteroatoms. The van der Waals surface area contributed by atoms with Gasteiger partial charge in [-0.2, -0.15) is 0 Å². The maximum atomic E-state index is 14.3. The van der Waals surface area contributed by atoms with Crippen molar-refractivity contribution in [3.8, 4) is 17.2 Å².